The number of methoxy groups -OCH3 is 9. The third-order valence-corrected chi connectivity index (χ3v) is 13.9. The summed E-state index contributed by atoms with van der Waals surface area (Å²) in [4.78, 5) is 31.3. The zero-order valence-electron chi connectivity index (χ0n) is 55.7. The number of hydrogen-bond donors (Lipinski definition) is 4. The number of nitrogens with two attached hydrogens (primary N) is 3. The molecular weight excluding hydrogens is 1230 g/mol. The van der Waals surface area contributed by atoms with Crippen molar-refractivity contribution in [3.63, 3.8) is 0 Å². The fourth-order valence-corrected chi connectivity index (χ4v) is 9.12. The highest BCUT2D eigenvalue weighted by Crippen LogP contribution is 2.32. The molecule has 6 heterocycles. The largest absolute Gasteiger partial charge is 0.495 e. The van der Waals surface area contributed by atoms with E-state index in [4.69, 9.17) is 66.7 Å². The van der Waals surface area contributed by atoms with E-state index >= 15 is 0 Å². The molecule has 95 heavy (non-hydrogen) atoms. The Morgan fingerprint density at radius 3 is 1.61 bits per heavy atom. The predicted octanol–water partition coefficient (Wildman–Crippen LogP) is 13.7. The van der Waals surface area contributed by atoms with Gasteiger partial charge in [0.05, 0.1) is 88.2 Å². The third kappa shape index (κ3) is 26.7. The van der Waals surface area contributed by atoms with Gasteiger partial charge in [-0.1, -0.05) is 96.5 Å². The summed E-state index contributed by atoms with van der Waals surface area (Å²) in [5.74, 6) is 3.68. The summed E-state index contributed by atoms with van der Waals surface area (Å²) >= 11 is 5.99. The Labute approximate surface area is 561 Å². The summed E-state index contributed by atoms with van der Waals surface area (Å²) in [6, 6.07) is 57.3. The molecule has 2 unspecified atom stereocenters. The Hall–Kier alpha value is -9.68. The van der Waals surface area contributed by atoms with E-state index in [0.717, 1.165) is 79.3 Å². The molecule has 0 radical (unpaired) electrons. The Morgan fingerprint density at radius 2 is 1.08 bits per heavy atom. The van der Waals surface area contributed by atoms with Crippen LogP contribution in [0.25, 0.3) is 43.6 Å². The second-order valence-corrected chi connectivity index (χ2v) is 20.4. The van der Waals surface area contributed by atoms with Crippen LogP contribution in [-0.2, 0) is 25.6 Å². The van der Waals surface area contributed by atoms with Crippen LogP contribution in [0.15, 0.2) is 207 Å². The monoisotopic (exact) mass is 1320 g/mol. The summed E-state index contributed by atoms with van der Waals surface area (Å²) in [6.07, 6.45) is 9.47. The van der Waals surface area contributed by atoms with Crippen molar-refractivity contribution in [1.29, 1.82) is 0 Å². The molecule has 0 saturated carbocycles. The Morgan fingerprint density at radius 1 is 0.547 bits per heavy atom. The van der Waals surface area contributed by atoms with Gasteiger partial charge in [0.25, 0.3) is 5.69 Å². The molecule has 1 fully saturated rings. The first-order valence-corrected chi connectivity index (χ1v) is 30.6. The fraction of sp³-hybridized carbons (Fsp3) is 0.274. The van der Waals surface area contributed by atoms with Gasteiger partial charge in [-0.15, -0.1) is 0 Å². The molecule has 21 nitrogen and oxygen atoms in total. The third-order valence-electron chi connectivity index (χ3n) is 13.6. The molecule has 0 bridgehead atoms. The minimum atomic E-state index is -0.427. The smallest absolute Gasteiger partial charge is 0.279 e. The fourth-order valence-electron chi connectivity index (χ4n) is 8.91. The number of benzene rings is 6. The van der Waals surface area contributed by atoms with Gasteiger partial charge in [0.1, 0.15) is 50.8 Å². The van der Waals surface area contributed by atoms with Crippen molar-refractivity contribution < 1.29 is 47.6 Å². The van der Waals surface area contributed by atoms with Crippen molar-refractivity contribution >= 4 is 66.6 Å². The van der Waals surface area contributed by atoms with Crippen LogP contribution in [0.3, 0.4) is 0 Å². The van der Waals surface area contributed by atoms with Crippen molar-refractivity contribution in [2.75, 3.05) is 103 Å². The average molecular weight is 1320 g/mol. The lowest BCUT2D eigenvalue weighted by molar-refractivity contribution is -0.383. The molecule has 22 heteroatoms. The number of hydrogen-bond acceptors (Lipinski definition) is 20. The maximum atomic E-state index is 10.8. The molecule has 1 aliphatic rings. The summed E-state index contributed by atoms with van der Waals surface area (Å²) in [5, 5.41) is 18.4. The molecule has 6 aromatic carbocycles. The van der Waals surface area contributed by atoms with E-state index in [-0.39, 0.29) is 11.8 Å². The number of para-hydroxylation sites is 4. The van der Waals surface area contributed by atoms with Gasteiger partial charge in [-0.2, -0.15) is 0 Å². The molecule has 12 rings (SSSR count). The maximum absolute atomic E-state index is 10.8. The van der Waals surface area contributed by atoms with Gasteiger partial charge < -0.3 is 65.1 Å². The summed E-state index contributed by atoms with van der Waals surface area (Å²) < 4.78 is 45.1. The lowest BCUT2D eigenvalue weighted by Crippen LogP contribution is -2.25. The number of aromatic nitrogens is 5. The van der Waals surface area contributed by atoms with Crippen molar-refractivity contribution in [2.45, 2.75) is 38.5 Å². The Kier molecular flexibility index (Phi) is 37.3. The van der Waals surface area contributed by atoms with Crippen molar-refractivity contribution in [3.8, 4) is 28.7 Å². The van der Waals surface area contributed by atoms with E-state index in [2.05, 4.69) is 41.0 Å². The van der Waals surface area contributed by atoms with Crippen LogP contribution in [0.1, 0.15) is 35.9 Å². The van der Waals surface area contributed by atoms with Gasteiger partial charge in [0.2, 0.25) is 0 Å². The highest BCUT2D eigenvalue weighted by molar-refractivity contribution is 6.35. The maximum Gasteiger partial charge on any atom is 0.279 e. The van der Waals surface area contributed by atoms with Crippen LogP contribution in [0, 0.1) is 17.0 Å². The molecular formula is C73H89ClN10O11. The van der Waals surface area contributed by atoms with E-state index in [1.54, 1.807) is 106 Å². The minimum Gasteiger partial charge on any atom is -0.495 e. The summed E-state index contributed by atoms with van der Waals surface area (Å²) in [6.45, 7) is 6.44. The molecule has 11 aromatic rings. The number of aryl methyl sites for hydroxylation is 1. The zero-order chi connectivity index (χ0) is 69.0. The first kappa shape index (κ1) is 77.8. The molecule has 7 N–H and O–H groups in total. The summed E-state index contributed by atoms with van der Waals surface area (Å²) in [5.41, 5.74) is 23.0. The number of ether oxygens (including phenoxy) is 9. The van der Waals surface area contributed by atoms with Crippen LogP contribution in [0.4, 0.5) is 11.4 Å². The SMILES string of the molecule is COC(CN)c1ccccc1.COCC1CCCN1.COCCN.COCc1ccccn1.COc1ccc(Cl)c2cccnc12.COc1ccc([N+](=O)[O-])c2cccnc12.COc1cccc2ccc(C)nc12.COc1cccc2cccnc12.COc1ccccc1N. The highest BCUT2D eigenvalue weighted by Gasteiger charge is 2.15. The lowest BCUT2D eigenvalue weighted by atomic mass is 10.1. The number of halogens is 1. The van der Waals surface area contributed by atoms with Crippen LogP contribution in [0.5, 0.6) is 28.7 Å². The molecule has 5 aromatic heterocycles. The minimum absolute atomic E-state index is 0.0381. The van der Waals surface area contributed by atoms with Crippen LogP contribution >= 0.6 is 11.6 Å². The predicted molar refractivity (Wildman–Crippen MR) is 381 cm³/mol. The van der Waals surface area contributed by atoms with Crippen LogP contribution < -0.4 is 46.2 Å². The number of fused-ring (bicyclic) bond motifs is 4. The van der Waals surface area contributed by atoms with Gasteiger partial charge in [0.15, 0.2) is 0 Å². The number of anilines is 1. The van der Waals surface area contributed by atoms with Gasteiger partial charge in [-0.25, -0.2) is 4.98 Å². The van der Waals surface area contributed by atoms with Gasteiger partial charge in [-0.3, -0.25) is 30.1 Å². The van der Waals surface area contributed by atoms with E-state index in [9.17, 15) is 10.1 Å². The van der Waals surface area contributed by atoms with Gasteiger partial charge in [-0.05, 0) is 123 Å². The highest BCUT2D eigenvalue weighted by atomic mass is 35.5. The first-order chi connectivity index (χ1) is 46.3. The van der Waals surface area contributed by atoms with Crippen molar-refractivity contribution in [3.05, 3.63) is 239 Å². The van der Waals surface area contributed by atoms with E-state index in [0.29, 0.717) is 59.7 Å². The Bertz CT molecular complexity index is 3900. The van der Waals surface area contributed by atoms with E-state index in [1.807, 2.05) is 153 Å². The van der Waals surface area contributed by atoms with Gasteiger partial charge in [0, 0.05) is 100 Å². The first-order valence-electron chi connectivity index (χ1n) is 30.2. The molecule has 1 saturated heterocycles. The zero-order valence-corrected chi connectivity index (χ0v) is 56.5. The summed E-state index contributed by atoms with van der Waals surface area (Å²) in [7, 11) is 14.8. The number of pyridine rings is 5. The van der Waals surface area contributed by atoms with Crippen LogP contribution in [0.2, 0.25) is 5.02 Å². The molecule has 0 amide bonds. The van der Waals surface area contributed by atoms with Crippen LogP contribution in [-0.4, -0.2) is 133 Å². The van der Waals surface area contributed by atoms with Crippen molar-refractivity contribution in [1.82, 2.24) is 30.2 Å². The van der Waals surface area contributed by atoms with Crippen molar-refractivity contribution in [2.24, 2.45) is 11.5 Å². The Balaban J connectivity index is 0.000000230. The molecule has 2 atom stereocenters. The lowest BCUT2D eigenvalue weighted by Gasteiger charge is -2.12. The van der Waals surface area contributed by atoms with E-state index in [1.165, 1.54) is 32.6 Å². The van der Waals surface area contributed by atoms with E-state index < -0.39 is 4.92 Å². The molecule has 0 aliphatic carbocycles. The standard InChI is InChI=1S/C11H11NO.C10H8ClNO.C10H8N2O3.C10H9NO.C9H13NO.2C7H9NO.C6H13NO.C3H9NO/c1-8-6-7-9-4-3-5-10(13-2)11(9)12-8;1-13-9-5-4-8(11)7-3-2-6-12-10(7)9;1-15-9-5-4-8(12(13)14)7-3-2-6-11-10(7)9;1-12-9-6-2-4-8-5-3-7-11-10(8)9;1-11-9(7-10)8-5-3-2-4-6-8;1-9-6-7-4-2-3-5-8-7;1-9-7-5-3-2-4-6(7)8;1-8-5-6-3-2-4-7-6;1-5-3-2-4/h3-7H,1-2H3;2-6H,1H3;2-6H,1H3;2-7H,1H3;2-6,9H,7,10H2,1H3;2-5H,6H2,1H3;2-5H,8H2,1H3;6-7H,2-5H2,1H3;2-4H2,1H3. The molecule has 504 valence electrons. The normalized spacial score (nSPS) is 11.8. The second-order valence-electron chi connectivity index (χ2n) is 20.0. The number of nitrogens with zero attached hydrogens (tertiary/aromatic N) is 6. The number of rotatable bonds is 15. The number of non-ortho nitro benzene ring substituents is 1. The number of nitrogens with one attached hydrogen (secondary N) is 1. The quantitative estimate of drug-likeness (QED) is 0.0421. The molecule has 0 spiro atoms. The number of nitro benzene ring substituents is 1. The molecule has 1 aliphatic heterocycles. The topological polar surface area (TPSA) is 281 Å². The second kappa shape index (κ2) is 45.6. The van der Waals surface area contributed by atoms with Gasteiger partial charge >= 0.3 is 0 Å². The average Bonchev–Trinajstić information content (AvgIpc) is 1.01. The number of nitrogen functional groups attached to an aromatic ring is 1. The number of nitro groups is 1.